The van der Waals surface area contributed by atoms with E-state index in [-0.39, 0.29) is 27.2 Å². The van der Waals surface area contributed by atoms with E-state index in [1.807, 2.05) is 30.3 Å². The van der Waals surface area contributed by atoms with Gasteiger partial charge in [-0.15, -0.1) is 0 Å². The Morgan fingerprint density at radius 2 is 1.71 bits per heavy atom. The number of hydrogen-bond acceptors (Lipinski definition) is 4. The van der Waals surface area contributed by atoms with Crippen LogP contribution in [0.5, 0.6) is 0 Å². The van der Waals surface area contributed by atoms with E-state index in [0.29, 0.717) is 22.2 Å². The van der Waals surface area contributed by atoms with Crippen molar-refractivity contribution < 1.29 is 9.59 Å². The molecule has 0 saturated carbocycles. The van der Waals surface area contributed by atoms with Gasteiger partial charge < -0.3 is 5.32 Å². The Balaban J connectivity index is 1.74. The van der Waals surface area contributed by atoms with Gasteiger partial charge in [0.05, 0.1) is 16.0 Å². The average molecular weight is 529 g/mol. The van der Waals surface area contributed by atoms with Crippen molar-refractivity contribution in [1.82, 2.24) is 0 Å². The molecule has 0 spiro atoms. The molecule has 0 unspecified atom stereocenters. The van der Waals surface area contributed by atoms with E-state index >= 15 is 0 Å². The molecular weight excluding hydrogens is 513 g/mol. The molecule has 1 fully saturated rings. The summed E-state index contributed by atoms with van der Waals surface area (Å²) in [6.45, 7) is 0. The van der Waals surface area contributed by atoms with Gasteiger partial charge in [0, 0.05) is 15.7 Å². The summed E-state index contributed by atoms with van der Waals surface area (Å²) in [6.07, 6.45) is 0.344. The minimum Gasteiger partial charge on any atom is -0.320 e. The second kappa shape index (κ2) is 10.5. The number of para-hydroxylation sites is 1. The van der Waals surface area contributed by atoms with Crippen molar-refractivity contribution in [1.29, 1.82) is 5.26 Å². The maximum Gasteiger partial charge on any atom is 0.269 e. The first-order chi connectivity index (χ1) is 16.4. The number of halogens is 3. The number of amides is 2. The summed E-state index contributed by atoms with van der Waals surface area (Å²) >= 11 is 19.7. The van der Waals surface area contributed by atoms with Gasteiger partial charge in [-0.05, 0) is 48.4 Å². The predicted octanol–water partition coefficient (Wildman–Crippen LogP) is 6.71. The van der Waals surface area contributed by atoms with Crippen molar-refractivity contribution in [2.45, 2.75) is 11.7 Å². The van der Waals surface area contributed by atoms with Crippen molar-refractivity contribution in [3.63, 3.8) is 0 Å². The molecule has 0 radical (unpaired) electrons. The van der Waals surface area contributed by atoms with Crippen LogP contribution in [0.3, 0.4) is 0 Å². The summed E-state index contributed by atoms with van der Waals surface area (Å²) in [5.74, 6) is -0.936. The van der Waals surface area contributed by atoms with Gasteiger partial charge in [-0.2, -0.15) is 5.26 Å². The van der Waals surface area contributed by atoms with Crippen LogP contribution < -0.4 is 10.2 Å². The number of nitriles is 1. The smallest absolute Gasteiger partial charge is 0.269 e. The third-order valence-electron chi connectivity index (χ3n) is 5.06. The molecule has 2 amide bonds. The molecule has 1 aliphatic rings. The highest BCUT2D eigenvalue weighted by Crippen LogP contribution is 2.42. The first-order valence-corrected chi connectivity index (χ1v) is 12.1. The highest BCUT2D eigenvalue weighted by molar-refractivity contribution is 8.05. The van der Waals surface area contributed by atoms with Gasteiger partial charge in [-0.25, -0.2) is 0 Å². The SMILES string of the molecule is N#C/C(C(=O)Nc1cc(Cl)ccc1Cl)=C1/S[C@@H](Cc2ccccc2Cl)C(=O)N1c1ccccc1. The number of nitrogens with one attached hydrogen (secondary N) is 1. The Bertz CT molecular complexity index is 1340. The number of nitrogens with zero attached hydrogens (tertiary/aromatic N) is 2. The van der Waals surface area contributed by atoms with Crippen LogP contribution in [0.4, 0.5) is 11.4 Å². The molecule has 3 aromatic rings. The van der Waals surface area contributed by atoms with Gasteiger partial charge in [0.15, 0.2) is 0 Å². The predicted molar refractivity (Wildman–Crippen MR) is 138 cm³/mol. The van der Waals surface area contributed by atoms with Crippen molar-refractivity contribution in [2.75, 3.05) is 10.2 Å². The maximum absolute atomic E-state index is 13.5. The highest BCUT2D eigenvalue weighted by atomic mass is 35.5. The Morgan fingerprint density at radius 3 is 2.41 bits per heavy atom. The largest absolute Gasteiger partial charge is 0.320 e. The van der Waals surface area contributed by atoms with Crippen LogP contribution in [0.2, 0.25) is 15.1 Å². The summed E-state index contributed by atoms with van der Waals surface area (Å²) in [4.78, 5) is 28.0. The first kappa shape index (κ1) is 24.2. The molecule has 0 bridgehead atoms. The number of hydrogen-bond donors (Lipinski definition) is 1. The molecule has 4 rings (SSSR count). The molecule has 1 saturated heterocycles. The Hall–Kier alpha value is -2.95. The van der Waals surface area contributed by atoms with E-state index in [4.69, 9.17) is 34.8 Å². The van der Waals surface area contributed by atoms with E-state index in [9.17, 15) is 14.9 Å². The molecule has 1 aliphatic heterocycles. The monoisotopic (exact) mass is 527 g/mol. The topological polar surface area (TPSA) is 73.2 Å². The Morgan fingerprint density at radius 1 is 1.00 bits per heavy atom. The lowest BCUT2D eigenvalue weighted by atomic mass is 10.1. The van der Waals surface area contributed by atoms with Gasteiger partial charge in [0.1, 0.15) is 16.7 Å². The number of anilines is 2. The lowest BCUT2D eigenvalue weighted by Gasteiger charge is -2.18. The normalized spacial score (nSPS) is 16.8. The lowest BCUT2D eigenvalue weighted by molar-refractivity contribution is -0.117. The number of carbonyl (C=O) groups excluding carboxylic acids is 2. The van der Waals surface area contributed by atoms with Crippen molar-refractivity contribution in [2.24, 2.45) is 0 Å². The maximum atomic E-state index is 13.5. The fraction of sp³-hybridized carbons (Fsp3) is 0.0800. The van der Waals surface area contributed by atoms with Crippen LogP contribution in [0.25, 0.3) is 0 Å². The molecular formula is C25H16Cl3N3O2S. The minimum atomic E-state index is -0.693. The number of rotatable bonds is 5. The zero-order valence-corrected chi connectivity index (χ0v) is 20.6. The van der Waals surface area contributed by atoms with Gasteiger partial charge in [0.25, 0.3) is 5.91 Å². The molecule has 3 aromatic carbocycles. The van der Waals surface area contributed by atoms with Crippen LogP contribution in [-0.4, -0.2) is 17.1 Å². The molecule has 0 aromatic heterocycles. The van der Waals surface area contributed by atoms with E-state index in [1.165, 1.54) is 11.0 Å². The molecule has 1 atom stereocenters. The quantitative estimate of drug-likeness (QED) is 0.295. The highest BCUT2D eigenvalue weighted by Gasteiger charge is 2.41. The molecule has 0 aliphatic carbocycles. The van der Waals surface area contributed by atoms with Crippen molar-refractivity contribution >= 4 is 69.8 Å². The summed E-state index contributed by atoms with van der Waals surface area (Å²) in [6, 6.07) is 22.7. The summed E-state index contributed by atoms with van der Waals surface area (Å²) in [5.41, 5.74) is 1.41. The summed E-state index contributed by atoms with van der Waals surface area (Å²) in [7, 11) is 0. The van der Waals surface area contributed by atoms with Crippen LogP contribution in [-0.2, 0) is 16.0 Å². The minimum absolute atomic E-state index is 0.208. The molecule has 5 nitrogen and oxygen atoms in total. The van der Waals surface area contributed by atoms with Gasteiger partial charge in [0.2, 0.25) is 5.91 Å². The standard InChI is InChI=1S/C25H16Cl3N3O2S/c26-16-10-11-20(28)21(13-16)30-23(32)18(14-29)25-31(17-7-2-1-3-8-17)24(33)22(34-25)12-15-6-4-5-9-19(15)27/h1-11,13,22H,12H2,(H,30,32)/b25-18-/t22-/m0/s1. The van der Waals surface area contributed by atoms with Gasteiger partial charge in [-0.3, -0.25) is 14.5 Å². The first-order valence-electron chi connectivity index (χ1n) is 10.1. The molecule has 9 heteroatoms. The van der Waals surface area contributed by atoms with E-state index in [1.54, 1.807) is 42.5 Å². The molecule has 34 heavy (non-hydrogen) atoms. The zero-order chi connectivity index (χ0) is 24.2. The number of benzene rings is 3. The van der Waals surface area contributed by atoms with Crippen LogP contribution in [0.1, 0.15) is 5.56 Å². The van der Waals surface area contributed by atoms with Crippen LogP contribution in [0, 0.1) is 11.3 Å². The second-order valence-electron chi connectivity index (χ2n) is 7.28. The molecule has 1 heterocycles. The zero-order valence-electron chi connectivity index (χ0n) is 17.5. The van der Waals surface area contributed by atoms with E-state index in [2.05, 4.69) is 5.32 Å². The van der Waals surface area contributed by atoms with Crippen molar-refractivity contribution in [3.05, 3.63) is 104 Å². The Kier molecular flexibility index (Phi) is 7.50. The molecule has 170 valence electrons. The van der Waals surface area contributed by atoms with Crippen LogP contribution in [0.15, 0.2) is 83.4 Å². The third-order valence-corrected chi connectivity index (χ3v) is 7.26. The fourth-order valence-corrected chi connectivity index (χ4v) is 5.29. The fourth-order valence-electron chi connectivity index (χ4n) is 3.44. The average Bonchev–Trinajstić information content (AvgIpc) is 3.14. The second-order valence-corrected chi connectivity index (χ2v) is 9.72. The lowest BCUT2D eigenvalue weighted by Crippen LogP contribution is -2.31. The van der Waals surface area contributed by atoms with E-state index in [0.717, 1.165) is 17.3 Å². The van der Waals surface area contributed by atoms with Gasteiger partial charge >= 0.3 is 0 Å². The number of carbonyl (C=O) groups is 2. The molecule has 1 N–H and O–H groups in total. The van der Waals surface area contributed by atoms with Crippen molar-refractivity contribution in [3.8, 4) is 6.07 Å². The van der Waals surface area contributed by atoms with E-state index < -0.39 is 11.2 Å². The third kappa shape index (κ3) is 5.08. The van der Waals surface area contributed by atoms with Crippen LogP contribution >= 0.6 is 46.6 Å². The number of thioether (sulfide) groups is 1. The summed E-state index contributed by atoms with van der Waals surface area (Å²) < 4.78 is 0. The van der Waals surface area contributed by atoms with Gasteiger partial charge in [-0.1, -0.05) is 83.0 Å². The summed E-state index contributed by atoms with van der Waals surface area (Å²) in [5, 5.41) is 13.4. The Labute approximate surface area is 215 Å².